The molecule has 122 valence electrons. The number of carboxylic acid groups (broad SMARTS) is 1. The number of ether oxygens (including phenoxy) is 1. The van der Waals surface area contributed by atoms with Crippen LogP contribution in [-0.4, -0.2) is 29.1 Å². The van der Waals surface area contributed by atoms with Crippen LogP contribution in [-0.2, 0) is 9.59 Å². The zero-order chi connectivity index (χ0) is 16.8. The van der Waals surface area contributed by atoms with Gasteiger partial charge in [0.15, 0.2) is 0 Å². The van der Waals surface area contributed by atoms with E-state index in [4.69, 9.17) is 4.74 Å². The minimum Gasteiger partial charge on any atom is -0.493 e. The molecule has 1 aromatic rings. The van der Waals surface area contributed by atoms with Crippen LogP contribution in [0.15, 0.2) is 18.2 Å². The van der Waals surface area contributed by atoms with Crippen LogP contribution in [0.2, 0.25) is 0 Å². The third-order valence-electron chi connectivity index (χ3n) is 3.57. The number of rotatable bonds is 8. The Kier molecular flexibility index (Phi) is 6.40. The molecule has 1 atom stereocenters. The Morgan fingerprint density at radius 3 is 2.59 bits per heavy atom. The number of carboxylic acids is 1. The lowest BCUT2D eigenvalue weighted by Gasteiger charge is -2.25. The summed E-state index contributed by atoms with van der Waals surface area (Å²) in [6.45, 7) is 7.55. The quantitative estimate of drug-likeness (QED) is 0.774. The minimum absolute atomic E-state index is 0.125. The van der Waals surface area contributed by atoms with Crippen molar-refractivity contribution in [2.75, 3.05) is 6.61 Å². The lowest BCUT2D eigenvalue weighted by molar-refractivity contribution is -0.147. The highest BCUT2D eigenvalue weighted by Crippen LogP contribution is 2.19. The Balaban J connectivity index is 2.52. The fourth-order valence-electron chi connectivity index (χ4n) is 2.21. The topological polar surface area (TPSA) is 75.6 Å². The summed E-state index contributed by atoms with van der Waals surface area (Å²) in [4.78, 5) is 23.2. The van der Waals surface area contributed by atoms with Gasteiger partial charge in [-0.15, -0.1) is 0 Å². The van der Waals surface area contributed by atoms with Crippen molar-refractivity contribution in [2.45, 2.75) is 52.5 Å². The second-order valence-corrected chi connectivity index (χ2v) is 5.80. The van der Waals surface area contributed by atoms with Crippen LogP contribution in [0.1, 0.15) is 44.2 Å². The molecule has 5 heteroatoms. The number of nitrogens with one attached hydrogen (secondary N) is 1. The predicted molar refractivity (Wildman–Crippen MR) is 85.1 cm³/mol. The molecule has 0 radical (unpaired) electrons. The zero-order valence-electron chi connectivity index (χ0n) is 13.7. The van der Waals surface area contributed by atoms with Gasteiger partial charge in [0.2, 0.25) is 5.91 Å². The fourth-order valence-corrected chi connectivity index (χ4v) is 2.21. The third kappa shape index (κ3) is 5.06. The van der Waals surface area contributed by atoms with E-state index in [2.05, 4.69) is 5.32 Å². The molecule has 0 spiro atoms. The van der Waals surface area contributed by atoms with E-state index in [1.165, 1.54) is 6.92 Å². The van der Waals surface area contributed by atoms with Crippen molar-refractivity contribution in [2.24, 2.45) is 0 Å². The van der Waals surface area contributed by atoms with E-state index in [-0.39, 0.29) is 18.9 Å². The monoisotopic (exact) mass is 307 g/mol. The summed E-state index contributed by atoms with van der Waals surface area (Å²) in [6.07, 6.45) is 1.20. The molecule has 0 aliphatic rings. The number of carbonyl (C=O) groups excluding carboxylic acids is 1. The Morgan fingerprint density at radius 2 is 2.00 bits per heavy atom. The molecule has 0 fully saturated rings. The van der Waals surface area contributed by atoms with Crippen molar-refractivity contribution in [3.8, 4) is 5.75 Å². The number of hydrogen-bond acceptors (Lipinski definition) is 3. The van der Waals surface area contributed by atoms with Gasteiger partial charge in [-0.25, -0.2) is 4.79 Å². The van der Waals surface area contributed by atoms with Gasteiger partial charge in [0, 0.05) is 0 Å². The average molecular weight is 307 g/mol. The van der Waals surface area contributed by atoms with Crippen LogP contribution in [0, 0.1) is 13.8 Å². The van der Waals surface area contributed by atoms with E-state index in [0.717, 1.165) is 16.9 Å². The van der Waals surface area contributed by atoms with E-state index >= 15 is 0 Å². The van der Waals surface area contributed by atoms with Gasteiger partial charge in [0.1, 0.15) is 11.3 Å². The van der Waals surface area contributed by atoms with E-state index in [0.29, 0.717) is 12.8 Å². The summed E-state index contributed by atoms with van der Waals surface area (Å²) in [7, 11) is 0. The molecule has 0 bridgehead atoms. The molecule has 0 saturated carbocycles. The van der Waals surface area contributed by atoms with Crippen molar-refractivity contribution in [3.05, 3.63) is 29.3 Å². The van der Waals surface area contributed by atoms with Crippen LogP contribution in [0.3, 0.4) is 0 Å². The first-order chi connectivity index (χ1) is 10.3. The van der Waals surface area contributed by atoms with Gasteiger partial charge in [-0.3, -0.25) is 4.79 Å². The summed E-state index contributed by atoms with van der Waals surface area (Å²) in [5.74, 6) is -0.579. The number of hydrogen-bond donors (Lipinski definition) is 2. The van der Waals surface area contributed by atoms with Crippen LogP contribution >= 0.6 is 0 Å². The maximum atomic E-state index is 11.9. The molecule has 1 unspecified atom stereocenters. The van der Waals surface area contributed by atoms with Crippen molar-refractivity contribution in [1.29, 1.82) is 0 Å². The number of benzene rings is 1. The predicted octanol–water partition coefficient (Wildman–Crippen LogP) is 2.83. The molecule has 22 heavy (non-hydrogen) atoms. The van der Waals surface area contributed by atoms with Crippen LogP contribution < -0.4 is 10.1 Å². The van der Waals surface area contributed by atoms with E-state index < -0.39 is 11.5 Å². The first kappa shape index (κ1) is 18.0. The van der Waals surface area contributed by atoms with Gasteiger partial charge in [-0.2, -0.15) is 0 Å². The van der Waals surface area contributed by atoms with E-state index in [1.54, 1.807) is 0 Å². The van der Waals surface area contributed by atoms with Crippen LogP contribution in [0.4, 0.5) is 0 Å². The highest BCUT2D eigenvalue weighted by molar-refractivity contribution is 5.86. The van der Waals surface area contributed by atoms with Gasteiger partial charge in [-0.05, 0) is 44.4 Å². The van der Waals surface area contributed by atoms with Crippen molar-refractivity contribution >= 4 is 11.9 Å². The Morgan fingerprint density at radius 1 is 1.32 bits per heavy atom. The normalized spacial score (nSPS) is 13.3. The fraction of sp³-hybridized carbons (Fsp3) is 0.529. The first-order valence-corrected chi connectivity index (χ1v) is 7.53. The van der Waals surface area contributed by atoms with E-state index in [1.807, 2.05) is 39.0 Å². The molecule has 0 saturated heterocycles. The van der Waals surface area contributed by atoms with Crippen molar-refractivity contribution in [1.82, 2.24) is 5.32 Å². The number of amides is 1. The second-order valence-electron chi connectivity index (χ2n) is 5.80. The molecule has 1 aromatic carbocycles. The standard InChI is InChI=1S/C17H25NO4/c1-5-9-17(4,16(20)21)18-15(19)8-10-22-14-11-12(2)6-7-13(14)3/h6-7,11H,5,8-10H2,1-4H3,(H,18,19)(H,20,21). The van der Waals surface area contributed by atoms with E-state index in [9.17, 15) is 14.7 Å². The lowest BCUT2D eigenvalue weighted by Crippen LogP contribution is -2.52. The first-order valence-electron chi connectivity index (χ1n) is 7.53. The second kappa shape index (κ2) is 7.82. The highest BCUT2D eigenvalue weighted by atomic mass is 16.5. The Hall–Kier alpha value is -2.04. The number of carbonyl (C=O) groups is 2. The summed E-state index contributed by atoms with van der Waals surface area (Å²) in [6, 6.07) is 5.89. The summed E-state index contributed by atoms with van der Waals surface area (Å²) in [5, 5.41) is 11.8. The summed E-state index contributed by atoms with van der Waals surface area (Å²) < 4.78 is 5.61. The Labute approximate surface area is 131 Å². The maximum absolute atomic E-state index is 11.9. The maximum Gasteiger partial charge on any atom is 0.329 e. The van der Waals surface area contributed by atoms with Crippen LogP contribution in [0.25, 0.3) is 0 Å². The third-order valence-corrected chi connectivity index (χ3v) is 3.57. The average Bonchev–Trinajstić information content (AvgIpc) is 2.42. The van der Waals surface area contributed by atoms with Crippen LogP contribution in [0.5, 0.6) is 5.75 Å². The molecule has 0 heterocycles. The minimum atomic E-state index is -1.22. The molecular weight excluding hydrogens is 282 g/mol. The van der Waals surface area contributed by atoms with Crippen molar-refractivity contribution < 1.29 is 19.4 Å². The molecule has 2 N–H and O–H groups in total. The van der Waals surface area contributed by atoms with Crippen molar-refractivity contribution in [3.63, 3.8) is 0 Å². The number of aryl methyl sites for hydroxylation is 2. The molecular formula is C17H25NO4. The molecule has 1 rings (SSSR count). The largest absolute Gasteiger partial charge is 0.493 e. The van der Waals surface area contributed by atoms with Gasteiger partial charge in [0.25, 0.3) is 0 Å². The lowest BCUT2D eigenvalue weighted by atomic mass is 9.96. The number of aliphatic carboxylic acids is 1. The molecule has 1 amide bonds. The molecule has 0 aromatic heterocycles. The highest BCUT2D eigenvalue weighted by Gasteiger charge is 2.33. The summed E-state index contributed by atoms with van der Waals surface area (Å²) in [5.41, 5.74) is 0.879. The van der Waals surface area contributed by atoms with Gasteiger partial charge < -0.3 is 15.2 Å². The Bertz CT molecular complexity index is 541. The SMILES string of the molecule is CCCC(C)(NC(=O)CCOc1cc(C)ccc1C)C(=O)O. The van der Waals surface area contributed by atoms with Gasteiger partial charge in [-0.1, -0.05) is 25.5 Å². The molecule has 0 aliphatic carbocycles. The smallest absolute Gasteiger partial charge is 0.329 e. The van der Waals surface area contributed by atoms with Gasteiger partial charge in [0.05, 0.1) is 13.0 Å². The van der Waals surface area contributed by atoms with Gasteiger partial charge >= 0.3 is 5.97 Å². The molecule has 0 aliphatic heterocycles. The summed E-state index contributed by atoms with van der Waals surface area (Å²) >= 11 is 0. The zero-order valence-corrected chi connectivity index (χ0v) is 13.7. The molecule has 5 nitrogen and oxygen atoms in total.